The number of hydrogen-bond donors (Lipinski definition) is 3. The highest BCUT2D eigenvalue weighted by Gasteiger charge is 2.24. The Balaban J connectivity index is 4.74. The number of carbonyl (C=O) groups is 2. The number of hydrogen-bond acceptors (Lipinski definition) is 5. The highest BCUT2D eigenvalue weighted by Crippen LogP contribution is 2.17. The molecule has 3 unspecified atom stereocenters. The molecule has 0 aliphatic heterocycles. The number of ether oxygens (including phenoxy) is 1. The van der Waals surface area contributed by atoms with Gasteiger partial charge in [0.2, 0.25) is 5.91 Å². The molecular formula is C58H99NO5. The van der Waals surface area contributed by atoms with Crippen molar-refractivity contribution in [3.63, 3.8) is 0 Å². The number of aliphatic hydroxyl groups excluding tert-OH is 2. The molecule has 6 nitrogen and oxygen atoms in total. The van der Waals surface area contributed by atoms with Crippen LogP contribution in [0.2, 0.25) is 0 Å². The lowest BCUT2D eigenvalue weighted by Crippen LogP contribution is -2.46. The maximum Gasteiger partial charge on any atom is 0.306 e. The molecule has 0 heterocycles. The molecular weight excluding hydrogens is 791 g/mol. The zero-order valence-corrected chi connectivity index (χ0v) is 41.6. The van der Waals surface area contributed by atoms with Crippen molar-refractivity contribution in [2.24, 2.45) is 0 Å². The summed E-state index contributed by atoms with van der Waals surface area (Å²) in [4.78, 5) is 26.2. The third kappa shape index (κ3) is 45.4. The summed E-state index contributed by atoms with van der Waals surface area (Å²) in [6, 6.07) is -0.726. The summed E-state index contributed by atoms with van der Waals surface area (Å²) >= 11 is 0. The van der Waals surface area contributed by atoms with Gasteiger partial charge in [-0.2, -0.15) is 0 Å². The Morgan fingerprint density at radius 1 is 0.469 bits per heavy atom. The monoisotopic (exact) mass is 890 g/mol. The van der Waals surface area contributed by atoms with Crippen LogP contribution in [0.3, 0.4) is 0 Å². The molecule has 0 rings (SSSR count). The lowest BCUT2D eigenvalue weighted by molar-refractivity contribution is -0.151. The summed E-state index contributed by atoms with van der Waals surface area (Å²) in [7, 11) is 0. The molecule has 0 fully saturated rings. The van der Waals surface area contributed by atoms with Crippen LogP contribution in [0, 0.1) is 0 Å². The van der Waals surface area contributed by atoms with E-state index in [9.17, 15) is 19.8 Å². The van der Waals surface area contributed by atoms with Crippen LogP contribution < -0.4 is 5.32 Å². The molecule has 1 amide bonds. The lowest BCUT2D eigenvalue weighted by atomic mass is 10.0. The second kappa shape index (κ2) is 50.8. The van der Waals surface area contributed by atoms with Crippen molar-refractivity contribution in [1.29, 1.82) is 0 Å². The summed E-state index contributed by atoms with van der Waals surface area (Å²) in [5.74, 6) is -0.556. The Hall–Kier alpha value is -3.22. The zero-order valence-electron chi connectivity index (χ0n) is 41.6. The summed E-state index contributed by atoms with van der Waals surface area (Å²) in [6.45, 7) is 6.38. The first-order chi connectivity index (χ1) is 31.5. The zero-order chi connectivity index (χ0) is 46.7. The van der Waals surface area contributed by atoms with Crippen molar-refractivity contribution in [1.82, 2.24) is 5.32 Å². The highest BCUT2D eigenvalue weighted by atomic mass is 16.5. The van der Waals surface area contributed by atoms with Crippen molar-refractivity contribution in [3.8, 4) is 0 Å². The smallest absolute Gasteiger partial charge is 0.306 e. The van der Waals surface area contributed by atoms with Gasteiger partial charge in [-0.1, -0.05) is 221 Å². The maximum absolute atomic E-state index is 13.2. The second-order valence-corrected chi connectivity index (χ2v) is 17.7. The van der Waals surface area contributed by atoms with Crippen molar-refractivity contribution in [2.75, 3.05) is 6.61 Å². The Morgan fingerprint density at radius 2 is 0.859 bits per heavy atom. The fourth-order valence-corrected chi connectivity index (χ4v) is 7.42. The molecule has 0 radical (unpaired) electrons. The molecule has 0 saturated heterocycles. The molecule has 0 aromatic heterocycles. The Bertz CT molecular complexity index is 1270. The van der Waals surface area contributed by atoms with E-state index in [2.05, 4.69) is 117 Å². The number of amides is 1. The van der Waals surface area contributed by atoms with Crippen LogP contribution in [0.15, 0.2) is 97.2 Å². The van der Waals surface area contributed by atoms with Crippen LogP contribution >= 0.6 is 0 Å². The molecule has 0 aliphatic rings. The lowest BCUT2D eigenvalue weighted by Gasteiger charge is -2.24. The van der Waals surface area contributed by atoms with Crippen molar-refractivity contribution in [2.45, 2.75) is 251 Å². The fraction of sp³-hybridized carbons (Fsp3) is 0.690. The van der Waals surface area contributed by atoms with E-state index in [4.69, 9.17) is 4.74 Å². The van der Waals surface area contributed by atoms with Gasteiger partial charge in [0.1, 0.15) is 6.10 Å². The van der Waals surface area contributed by atoms with E-state index in [-0.39, 0.29) is 24.9 Å². The van der Waals surface area contributed by atoms with Gasteiger partial charge < -0.3 is 20.3 Å². The van der Waals surface area contributed by atoms with Gasteiger partial charge >= 0.3 is 5.97 Å². The largest absolute Gasteiger partial charge is 0.462 e. The number of rotatable bonds is 46. The summed E-state index contributed by atoms with van der Waals surface area (Å²) in [5, 5.41) is 23.7. The SMILES string of the molecule is CCCCC/C=C\C/C=C\C/C=C\C/C=C\CCCCCC(=O)OC(CCCCC/C=C/C=C/C=C/C=C/CCCCC)CC(=O)NC(CO)C(O)CCCCCCCCCCCC. The molecule has 64 heavy (non-hydrogen) atoms. The average Bonchev–Trinajstić information content (AvgIpc) is 3.29. The van der Waals surface area contributed by atoms with Crippen LogP contribution in [-0.4, -0.2) is 46.9 Å². The van der Waals surface area contributed by atoms with Gasteiger partial charge in [0, 0.05) is 6.42 Å². The second-order valence-electron chi connectivity index (χ2n) is 17.7. The van der Waals surface area contributed by atoms with Crippen LogP contribution in [0.5, 0.6) is 0 Å². The minimum atomic E-state index is -0.809. The van der Waals surface area contributed by atoms with E-state index in [1.54, 1.807) is 0 Å². The molecule has 6 heteroatoms. The molecule has 366 valence electrons. The van der Waals surface area contributed by atoms with Gasteiger partial charge in [-0.15, -0.1) is 0 Å². The summed E-state index contributed by atoms with van der Waals surface area (Å²) < 4.78 is 5.91. The topological polar surface area (TPSA) is 95.9 Å². The molecule has 3 atom stereocenters. The predicted molar refractivity (Wildman–Crippen MR) is 277 cm³/mol. The Morgan fingerprint density at radius 3 is 1.38 bits per heavy atom. The fourth-order valence-electron chi connectivity index (χ4n) is 7.42. The van der Waals surface area contributed by atoms with Crippen molar-refractivity contribution >= 4 is 11.9 Å². The number of unbranched alkanes of at least 4 members (excludes halogenated alkanes) is 21. The standard InChI is InChI=1S/C58H99NO5/c1-4-7-10-13-16-19-22-24-26-28-29-30-32-34-36-39-42-45-48-51-58(63)64-54(49-46-43-40-37-35-33-31-27-25-23-20-17-14-11-8-5-2)52-57(62)59-55(53-60)56(61)50-47-44-41-38-21-18-15-12-9-6-3/h16-17,19-20,23-27,29-31,33-36,54-56,60-61H,4-15,18,21-22,28,32,37-53H2,1-3H3,(H,59,62)/b19-16-,20-17+,25-23+,26-24-,30-29-,31-27+,35-33+,36-34-. The van der Waals surface area contributed by atoms with E-state index in [0.29, 0.717) is 19.3 Å². The maximum atomic E-state index is 13.2. The quantitative estimate of drug-likeness (QED) is 0.0245. The number of esters is 1. The third-order valence-corrected chi connectivity index (χ3v) is 11.5. The Labute approximate surface area is 395 Å². The molecule has 0 aromatic rings. The molecule has 3 N–H and O–H groups in total. The van der Waals surface area contributed by atoms with E-state index >= 15 is 0 Å². The summed E-state index contributed by atoms with van der Waals surface area (Å²) in [6.07, 6.45) is 67.5. The van der Waals surface area contributed by atoms with E-state index < -0.39 is 18.2 Å². The first-order valence-corrected chi connectivity index (χ1v) is 26.5. The normalized spacial score (nSPS) is 14.0. The van der Waals surface area contributed by atoms with Gasteiger partial charge in [-0.25, -0.2) is 0 Å². The number of allylic oxidation sites excluding steroid dienone is 16. The molecule has 0 aliphatic carbocycles. The number of carbonyl (C=O) groups excluding carboxylic acids is 2. The van der Waals surface area contributed by atoms with Crippen molar-refractivity contribution in [3.05, 3.63) is 97.2 Å². The number of aliphatic hydroxyl groups is 2. The first kappa shape index (κ1) is 60.8. The van der Waals surface area contributed by atoms with Crippen LogP contribution in [-0.2, 0) is 14.3 Å². The van der Waals surface area contributed by atoms with Gasteiger partial charge in [-0.3, -0.25) is 9.59 Å². The minimum absolute atomic E-state index is 0.0332. The van der Waals surface area contributed by atoms with E-state index in [1.165, 1.54) is 89.9 Å². The molecule has 0 spiro atoms. The van der Waals surface area contributed by atoms with Crippen LogP contribution in [0.25, 0.3) is 0 Å². The van der Waals surface area contributed by atoms with Gasteiger partial charge in [0.25, 0.3) is 0 Å². The first-order valence-electron chi connectivity index (χ1n) is 26.5. The third-order valence-electron chi connectivity index (χ3n) is 11.5. The van der Waals surface area contributed by atoms with Gasteiger partial charge in [-0.05, 0) is 96.3 Å². The van der Waals surface area contributed by atoms with Gasteiger partial charge in [0.05, 0.1) is 25.2 Å². The molecule has 0 aromatic carbocycles. The molecule has 0 saturated carbocycles. The van der Waals surface area contributed by atoms with E-state index in [0.717, 1.165) is 96.3 Å². The van der Waals surface area contributed by atoms with Gasteiger partial charge in [0.15, 0.2) is 0 Å². The van der Waals surface area contributed by atoms with Crippen LogP contribution in [0.4, 0.5) is 0 Å². The summed E-state index contributed by atoms with van der Waals surface area (Å²) in [5.41, 5.74) is 0. The minimum Gasteiger partial charge on any atom is -0.462 e. The number of nitrogens with one attached hydrogen (secondary N) is 1. The Kier molecular flexibility index (Phi) is 48.2. The highest BCUT2D eigenvalue weighted by molar-refractivity contribution is 5.77. The van der Waals surface area contributed by atoms with Crippen LogP contribution in [0.1, 0.15) is 233 Å². The average molecular weight is 890 g/mol. The van der Waals surface area contributed by atoms with Crippen molar-refractivity contribution < 1.29 is 24.5 Å². The van der Waals surface area contributed by atoms with E-state index in [1.807, 2.05) is 6.08 Å². The predicted octanol–water partition coefficient (Wildman–Crippen LogP) is 16.1. The molecule has 0 bridgehead atoms.